The van der Waals surface area contributed by atoms with Gasteiger partial charge in [-0.25, -0.2) is 0 Å². The molecule has 1 unspecified atom stereocenters. The van der Waals surface area contributed by atoms with Crippen LogP contribution in [0.2, 0.25) is 0 Å². The summed E-state index contributed by atoms with van der Waals surface area (Å²) in [6.45, 7) is 8.97. The molecule has 1 rings (SSSR count). The van der Waals surface area contributed by atoms with Gasteiger partial charge in [-0.15, -0.1) is 0 Å². The van der Waals surface area contributed by atoms with Gasteiger partial charge in [-0.1, -0.05) is 6.92 Å². The largest absolute Gasteiger partial charge is 0.481 e. The van der Waals surface area contributed by atoms with E-state index in [-0.39, 0.29) is 6.42 Å². The zero-order valence-corrected chi connectivity index (χ0v) is 11.8. The van der Waals surface area contributed by atoms with Gasteiger partial charge in [0.25, 0.3) is 0 Å². The summed E-state index contributed by atoms with van der Waals surface area (Å²) in [5.74, 6) is 0.0558. The lowest BCUT2D eigenvalue weighted by atomic mass is 9.90. The predicted octanol–water partition coefficient (Wildman–Crippen LogP) is 1.95. The number of nitrogens with one attached hydrogen (secondary N) is 1. The molecule has 0 bridgehead atoms. The van der Waals surface area contributed by atoms with Crippen LogP contribution >= 0.6 is 0 Å². The first-order valence-electron chi connectivity index (χ1n) is 7.31. The molecular weight excluding hydrogens is 228 g/mol. The Hall–Kier alpha value is -0.610. The summed E-state index contributed by atoms with van der Waals surface area (Å²) in [6.07, 6.45) is 4.79. The number of piperidine rings is 1. The van der Waals surface area contributed by atoms with Crippen molar-refractivity contribution in [3.8, 4) is 0 Å². The van der Waals surface area contributed by atoms with Crippen molar-refractivity contribution in [3.05, 3.63) is 0 Å². The molecule has 4 nitrogen and oxygen atoms in total. The summed E-state index contributed by atoms with van der Waals surface area (Å²) >= 11 is 0. The molecule has 0 spiro atoms. The maximum absolute atomic E-state index is 10.4. The van der Waals surface area contributed by atoms with Crippen LogP contribution in [0.1, 0.15) is 46.0 Å². The van der Waals surface area contributed by atoms with Crippen LogP contribution in [0.3, 0.4) is 0 Å². The summed E-state index contributed by atoms with van der Waals surface area (Å²) in [4.78, 5) is 13.0. The van der Waals surface area contributed by atoms with Gasteiger partial charge in [0.1, 0.15) is 0 Å². The second kappa shape index (κ2) is 8.48. The molecule has 1 saturated heterocycles. The first-order chi connectivity index (χ1) is 8.63. The predicted molar refractivity (Wildman–Crippen MR) is 73.8 cm³/mol. The number of hydrogen-bond acceptors (Lipinski definition) is 3. The molecule has 4 heteroatoms. The zero-order valence-electron chi connectivity index (χ0n) is 11.8. The van der Waals surface area contributed by atoms with Crippen LogP contribution in [0.25, 0.3) is 0 Å². The Kier molecular flexibility index (Phi) is 7.28. The van der Waals surface area contributed by atoms with E-state index in [1.54, 1.807) is 0 Å². The highest BCUT2D eigenvalue weighted by molar-refractivity contribution is 5.66. The van der Waals surface area contributed by atoms with Crippen LogP contribution in [0.15, 0.2) is 0 Å². The van der Waals surface area contributed by atoms with Gasteiger partial charge >= 0.3 is 5.97 Å². The van der Waals surface area contributed by atoms with Crippen LogP contribution < -0.4 is 5.32 Å². The Morgan fingerprint density at radius 2 is 2.11 bits per heavy atom. The number of carboxylic acid groups (broad SMARTS) is 1. The molecule has 0 aromatic heterocycles. The lowest BCUT2D eigenvalue weighted by Crippen LogP contribution is -2.42. The van der Waals surface area contributed by atoms with E-state index in [9.17, 15) is 4.79 Å². The summed E-state index contributed by atoms with van der Waals surface area (Å²) in [5, 5.41) is 12.0. The molecule has 1 aliphatic rings. The molecule has 0 saturated carbocycles. The van der Waals surface area contributed by atoms with Crippen molar-refractivity contribution in [2.24, 2.45) is 5.92 Å². The van der Waals surface area contributed by atoms with Crippen LogP contribution in [-0.4, -0.2) is 48.2 Å². The van der Waals surface area contributed by atoms with Gasteiger partial charge in [0.2, 0.25) is 0 Å². The molecule has 18 heavy (non-hydrogen) atoms. The number of hydrogen-bond donors (Lipinski definition) is 2. The Morgan fingerprint density at radius 1 is 1.44 bits per heavy atom. The fourth-order valence-corrected chi connectivity index (χ4v) is 2.73. The van der Waals surface area contributed by atoms with Gasteiger partial charge in [-0.05, 0) is 64.7 Å². The van der Waals surface area contributed by atoms with Crippen LogP contribution in [0, 0.1) is 5.92 Å². The van der Waals surface area contributed by atoms with Crippen LogP contribution in [0.5, 0.6) is 0 Å². The minimum absolute atomic E-state index is 0.272. The highest BCUT2D eigenvalue weighted by Crippen LogP contribution is 2.20. The minimum Gasteiger partial charge on any atom is -0.481 e. The monoisotopic (exact) mass is 256 g/mol. The quantitative estimate of drug-likeness (QED) is 0.652. The number of carboxylic acids is 1. The average molecular weight is 256 g/mol. The third kappa shape index (κ3) is 5.83. The number of aliphatic carboxylic acids is 1. The third-order valence-corrected chi connectivity index (χ3v) is 3.91. The van der Waals surface area contributed by atoms with Gasteiger partial charge < -0.3 is 15.3 Å². The molecule has 0 aliphatic carbocycles. The highest BCUT2D eigenvalue weighted by atomic mass is 16.4. The van der Waals surface area contributed by atoms with Gasteiger partial charge in [-0.3, -0.25) is 4.79 Å². The maximum Gasteiger partial charge on any atom is 0.303 e. The third-order valence-electron chi connectivity index (χ3n) is 3.91. The Balaban J connectivity index is 2.11. The standard InChI is InChI=1S/C14H28N2O2/c1-3-9-16-10-6-13(7-11-16)12(2)15-8-4-5-14(17)18/h12-13,15H,3-11H2,1-2H3,(H,17,18). The van der Waals surface area contributed by atoms with Crippen molar-refractivity contribution < 1.29 is 9.90 Å². The van der Waals surface area contributed by atoms with Crippen molar-refractivity contribution in [1.82, 2.24) is 10.2 Å². The molecule has 0 amide bonds. The smallest absolute Gasteiger partial charge is 0.303 e. The lowest BCUT2D eigenvalue weighted by Gasteiger charge is -2.35. The first kappa shape index (κ1) is 15.4. The summed E-state index contributed by atoms with van der Waals surface area (Å²) < 4.78 is 0. The maximum atomic E-state index is 10.4. The zero-order chi connectivity index (χ0) is 13.4. The second-order valence-electron chi connectivity index (χ2n) is 5.42. The SMILES string of the molecule is CCCN1CCC(C(C)NCCCC(=O)O)CC1. The van der Waals surface area contributed by atoms with Crippen molar-refractivity contribution >= 4 is 5.97 Å². The molecule has 1 heterocycles. The molecule has 1 aliphatic heterocycles. The highest BCUT2D eigenvalue weighted by Gasteiger charge is 2.22. The Morgan fingerprint density at radius 3 is 2.67 bits per heavy atom. The van der Waals surface area contributed by atoms with Crippen molar-refractivity contribution in [2.45, 2.75) is 52.0 Å². The Labute approximate surface area is 111 Å². The molecule has 106 valence electrons. The van der Waals surface area contributed by atoms with E-state index >= 15 is 0 Å². The lowest BCUT2D eigenvalue weighted by molar-refractivity contribution is -0.137. The molecule has 0 aromatic carbocycles. The number of nitrogens with zero attached hydrogens (tertiary/aromatic N) is 1. The van der Waals surface area contributed by atoms with E-state index in [0.29, 0.717) is 6.04 Å². The van der Waals surface area contributed by atoms with Gasteiger partial charge in [-0.2, -0.15) is 0 Å². The van der Waals surface area contributed by atoms with Gasteiger partial charge in [0.05, 0.1) is 0 Å². The molecule has 2 N–H and O–H groups in total. The van der Waals surface area contributed by atoms with Crippen molar-refractivity contribution in [2.75, 3.05) is 26.2 Å². The van der Waals surface area contributed by atoms with Crippen molar-refractivity contribution in [1.29, 1.82) is 0 Å². The fourth-order valence-electron chi connectivity index (χ4n) is 2.73. The molecular formula is C14H28N2O2. The number of rotatable bonds is 8. The first-order valence-corrected chi connectivity index (χ1v) is 7.31. The van der Waals surface area contributed by atoms with E-state index in [0.717, 1.165) is 18.9 Å². The fraction of sp³-hybridized carbons (Fsp3) is 0.929. The Bertz CT molecular complexity index is 238. The van der Waals surface area contributed by atoms with Gasteiger partial charge in [0.15, 0.2) is 0 Å². The summed E-state index contributed by atoms with van der Waals surface area (Å²) in [5.41, 5.74) is 0. The average Bonchev–Trinajstić information content (AvgIpc) is 2.35. The number of likely N-dealkylation sites (tertiary alicyclic amines) is 1. The van der Waals surface area contributed by atoms with E-state index in [2.05, 4.69) is 24.1 Å². The van der Waals surface area contributed by atoms with E-state index < -0.39 is 5.97 Å². The van der Waals surface area contributed by atoms with E-state index in [4.69, 9.17) is 5.11 Å². The summed E-state index contributed by atoms with van der Waals surface area (Å²) in [7, 11) is 0. The van der Waals surface area contributed by atoms with Crippen LogP contribution in [0.4, 0.5) is 0 Å². The van der Waals surface area contributed by atoms with Gasteiger partial charge in [0, 0.05) is 12.5 Å². The number of carbonyl (C=O) groups is 1. The van der Waals surface area contributed by atoms with Crippen molar-refractivity contribution in [3.63, 3.8) is 0 Å². The second-order valence-corrected chi connectivity index (χ2v) is 5.42. The van der Waals surface area contributed by atoms with E-state index in [1.165, 1.54) is 38.9 Å². The summed E-state index contributed by atoms with van der Waals surface area (Å²) in [6, 6.07) is 0.516. The molecule has 1 fully saturated rings. The van der Waals surface area contributed by atoms with Crippen LogP contribution in [-0.2, 0) is 4.79 Å². The normalized spacial score (nSPS) is 19.9. The molecule has 0 aromatic rings. The molecule has 1 atom stereocenters. The minimum atomic E-state index is -0.697. The molecule has 0 radical (unpaired) electrons. The van der Waals surface area contributed by atoms with E-state index in [1.807, 2.05) is 0 Å². The topological polar surface area (TPSA) is 52.6 Å².